The summed E-state index contributed by atoms with van der Waals surface area (Å²) in [6.07, 6.45) is 4.62. The van der Waals surface area contributed by atoms with E-state index in [0.29, 0.717) is 0 Å². The zero-order valence-electron chi connectivity index (χ0n) is 9.05. The van der Waals surface area contributed by atoms with Crippen LogP contribution in [0.25, 0.3) is 0 Å². The summed E-state index contributed by atoms with van der Waals surface area (Å²) in [4.78, 5) is 0. The third-order valence-corrected chi connectivity index (χ3v) is 2.63. The van der Waals surface area contributed by atoms with Gasteiger partial charge in [0, 0.05) is 0 Å². The van der Waals surface area contributed by atoms with Crippen molar-refractivity contribution in [2.45, 2.75) is 39.5 Å². The second kappa shape index (κ2) is 6.11. The second-order valence-corrected chi connectivity index (χ2v) is 3.75. The van der Waals surface area contributed by atoms with E-state index in [9.17, 15) is 0 Å². The first kappa shape index (κ1) is 11.6. The number of aryl methyl sites for hydroxylation is 1. The topological polar surface area (TPSA) is 9.23 Å². The first-order chi connectivity index (χ1) is 6.83. The summed E-state index contributed by atoms with van der Waals surface area (Å²) in [7, 11) is 0. The molecule has 1 rings (SSSR count). The maximum absolute atomic E-state index is 5.30. The molecule has 0 saturated heterocycles. The molecular formula is C12H17AlO. The van der Waals surface area contributed by atoms with E-state index >= 15 is 0 Å². The Labute approximate surface area is 95.2 Å². The van der Waals surface area contributed by atoms with Crippen LogP contribution in [0.15, 0.2) is 18.2 Å². The Kier molecular flexibility index (Phi) is 5.08. The summed E-state index contributed by atoms with van der Waals surface area (Å²) < 4.78 is 5.30. The van der Waals surface area contributed by atoms with Crippen LogP contribution in [0.1, 0.15) is 37.8 Å². The van der Waals surface area contributed by atoms with Crippen LogP contribution >= 0.6 is 0 Å². The molecule has 0 unspecified atom stereocenters. The Bertz CT molecular complexity index is 284. The standard InChI is InChI=1S/C12H18O.Al/c1-3-6-10-8-5-9-12(13)11(10)7-4-2;/h5,8-9,13H,3-4,6-7H2,1-2H3;/q;+1/p-1. The summed E-state index contributed by atoms with van der Waals surface area (Å²) >= 11 is 2.34. The second-order valence-electron chi connectivity index (χ2n) is 3.51. The van der Waals surface area contributed by atoms with Crippen molar-refractivity contribution < 1.29 is 3.79 Å². The predicted molar refractivity (Wildman–Crippen MR) is 60.8 cm³/mol. The number of hydrogen-bond donors (Lipinski definition) is 0. The molecule has 0 aliphatic carbocycles. The SMILES string of the molecule is CCCc1cccc([O][Al])c1CCC. The molecule has 0 saturated carbocycles. The van der Waals surface area contributed by atoms with Crippen LogP contribution < -0.4 is 3.79 Å². The van der Waals surface area contributed by atoms with Gasteiger partial charge in [0.1, 0.15) is 0 Å². The molecule has 1 aromatic rings. The lowest BCUT2D eigenvalue weighted by Gasteiger charge is -2.14. The van der Waals surface area contributed by atoms with E-state index in [1.165, 1.54) is 24.0 Å². The summed E-state index contributed by atoms with van der Waals surface area (Å²) in [5, 5.41) is 0. The van der Waals surface area contributed by atoms with Crippen molar-refractivity contribution in [1.29, 1.82) is 0 Å². The average Bonchev–Trinajstić information content (AvgIpc) is 2.21. The minimum atomic E-state index is 1.02. The van der Waals surface area contributed by atoms with E-state index in [-0.39, 0.29) is 0 Å². The zero-order chi connectivity index (χ0) is 10.4. The van der Waals surface area contributed by atoms with E-state index < -0.39 is 0 Å². The Balaban J connectivity index is 3.00. The molecule has 2 heteroatoms. The van der Waals surface area contributed by atoms with Crippen molar-refractivity contribution in [3.8, 4) is 5.75 Å². The van der Waals surface area contributed by atoms with Gasteiger partial charge >= 0.3 is 16.6 Å². The van der Waals surface area contributed by atoms with Crippen molar-refractivity contribution in [2.24, 2.45) is 0 Å². The van der Waals surface area contributed by atoms with Crippen LogP contribution in [-0.2, 0) is 12.8 Å². The molecule has 0 bridgehead atoms. The lowest BCUT2D eigenvalue weighted by Crippen LogP contribution is -1.98. The van der Waals surface area contributed by atoms with Crippen LogP contribution in [0.4, 0.5) is 0 Å². The fourth-order valence-corrected chi connectivity index (χ4v) is 1.98. The molecule has 1 aromatic carbocycles. The average molecular weight is 204 g/mol. The third-order valence-electron chi connectivity index (χ3n) is 2.38. The fraction of sp³-hybridized carbons (Fsp3) is 0.500. The fourth-order valence-electron chi connectivity index (χ4n) is 1.76. The Morgan fingerprint density at radius 1 is 1.14 bits per heavy atom. The van der Waals surface area contributed by atoms with Gasteiger partial charge in [-0.25, -0.2) is 0 Å². The Hall–Kier alpha value is -0.448. The monoisotopic (exact) mass is 204 g/mol. The lowest BCUT2D eigenvalue weighted by atomic mass is 9.99. The van der Waals surface area contributed by atoms with Crippen LogP contribution in [0.5, 0.6) is 5.75 Å². The summed E-state index contributed by atoms with van der Waals surface area (Å²) in [6.45, 7) is 4.42. The van der Waals surface area contributed by atoms with Crippen LogP contribution in [0.3, 0.4) is 0 Å². The Morgan fingerprint density at radius 3 is 2.43 bits per heavy atom. The summed E-state index contributed by atoms with van der Waals surface area (Å²) in [5.74, 6) is 1.02. The van der Waals surface area contributed by atoms with Gasteiger partial charge in [-0.15, -0.1) is 0 Å². The van der Waals surface area contributed by atoms with Crippen molar-refractivity contribution in [3.63, 3.8) is 0 Å². The van der Waals surface area contributed by atoms with Gasteiger partial charge in [-0.05, 0) is 30.0 Å². The molecule has 14 heavy (non-hydrogen) atoms. The number of benzene rings is 1. The van der Waals surface area contributed by atoms with E-state index in [2.05, 4.69) is 42.6 Å². The first-order valence-corrected chi connectivity index (χ1v) is 5.78. The normalized spacial score (nSPS) is 10.1. The molecule has 0 aliphatic heterocycles. The minimum Gasteiger partial charge on any atom is -0.653 e. The highest BCUT2D eigenvalue weighted by molar-refractivity contribution is 6.00. The molecule has 0 amide bonds. The largest absolute Gasteiger partial charge is 0.653 e. The van der Waals surface area contributed by atoms with Gasteiger partial charge < -0.3 is 3.79 Å². The highest BCUT2D eigenvalue weighted by Gasteiger charge is 2.05. The smallest absolute Gasteiger partial charge is 0.482 e. The number of hydrogen-bond acceptors (Lipinski definition) is 1. The van der Waals surface area contributed by atoms with Crippen molar-refractivity contribution in [2.75, 3.05) is 0 Å². The van der Waals surface area contributed by atoms with Gasteiger partial charge in [0.2, 0.25) is 0 Å². The molecule has 0 spiro atoms. The molecule has 0 aliphatic rings. The summed E-state index contributed by atoms with van der Waals surface area (Å²) in [5.41, 5.74) is 2.82. The predicted octanol–water partition coefficient (Wildman–Crippen LogP) is 3.05. The quantitative estimate of drug-likeness (QED) is 0.670. The molecule has 74 valence electrons. The minimum absolute atomic E-state index is 1.02. The van der Waals surface area contributed by atoms with Crippen molar-refractivity contribution >= 4 is 16.6 Å². The first-order valence-electron chi connectivity index (χ1n) is 5.31. The lowest BCUT2D eigenvalue weighted by molar-refractivity contribution is 0.600. The number of rotatable bonds is 5. The van der Waals surface area contributed by atoms with Gasteiger partial charge in [0.15, 0.2) is 0 Å². The molecule has 0 aromatic heterocycles. The maximum Gasteiger partial charge on any atom is 0.482 e. The van der Waals surface area contributed by atoms with Gasteiger partial charge in [0.05, 0.1) is 5.75 Å². The maximum atomic E-state index is 5.30. The molecule has 0 atom stereocenters. The molecule has 0 heterocycles. The van der Waals surface area contributed by atoms with E-state index in [4.69, 9.17) is 3.79 Å². The van der Waals surface area contributed by atoms with Crippen molar-refractivity contribution in [1.82, 2.24) is 0 Å². The molecule has 0 fully saturated rings. The van der Waals surface area contributed by atoms with Gasteiger partial charge in [-0.2, -0.15) is 0 Å². The molecule has 2 radical (unpaired) electrons. The molecule has 1 nitrogen and oxygen atoms in total. The zero-order valence-corrected chi connectivity index (χ0v) is 10.2. The highest BCUT2D eigenvalue weighted by Crippen LogP contribution is 2.24. The van der Waals surface area contributed by atoms with Gasteiger partial charge in [0.25, 0.3) is 0 Å². The van der Waals surface area contributed by atoms with E-state index in [0.717, 1.165) is 18.6 Å². The van der Waals surface area contributed by atoms with Crippen LogP contribution in [0.2, 0.25) is 0 Å². The van der Waals surface area contributed by atoms with Crippen LogP contribution in [-0.4, -0.2) is 16.6 Å². The van der Waals surface area contributed by atoms with E-state index in [1.54, 1.807) is 0 Å². The van der Waals surface area contributed by atoms with Crippen LogP contribution in [0, 0.1) is 0 Å². The Morgan fingerprint density at radius 2 is 1.86 bits per heavy atom. The van der Waals surface area contributed by atoms with Crippen molar-refractivity contribution in [3.05, 3.63) is 29.3 Å². The van der Waals surface area contributed by atoms with Gasteiger partial charge in [-0.1, -0.05) is 38.8 Å². The molecule has 0 N–H and O–H groups in total. The van der Waals surface area contributed by atoms with E-state index in [1.807, 2.05) is 6.07 Å². The third kappa shape index (κ3) is 2.77. The highest BCUT2D eigenvalue weighted by atomic mass is 27.1. The molecular weight excluding hydrogens is 187 g/mol. The summed E-state index contributed by atoms with van der Waals surface area (Å²) in [6, 6.07) is 6.32. The van der Waals surface area contributed by atoms with Gasteiger partial charge in [-0.3, -0.25) is 0 Å².